The number of ether oxygens (including phenoxy) is 1. The van der Waals surface area contributed by atoms with E-state index in [0.29, 0.717) is 0 Å². The third kappa shape index (κ3) is 5.86. The molecule has 0 amide bonds. The Hall–Kier alpha value is -0.790. The van der Waals surface area contributed by atoms with Gasteiger partial charge in [0, 0.05) is 12.6 Å². The van der Waals surface area contributed by atoms with Crippen molar-refractivity contribution in [3.05, 3.63) is 47.0 Å². The second kappa shape index (κ2) is 10.5. The van der Waals surface area contributed by atoms with Crippen LogP contribution >= 0.6 is 11.6 Å². The second-order valence-electron chi connectivity index (χ2n) is 8.57. The maximum atomic E-state index is 5.73. The molecule has 0 N–H and O–H groups in total. The van der Waals surface area contributed by atoms with Crippen LogP contribution in [0.3, 0.4) is 0 Å². The SMILES string of the molecule is COCc1ccc(C2CCC(CCC3CCC(C=CCl)CC3)CC2)cc1. The molecule has 0 heterocycles. The molecule has 2 saturated carbocycles. The van der Waals surface area contributed by atoms with Gasteiger partial charge in [0.1, 0.15) is 0 Å². The molecule has 1 nitrogen and oxygen atoms in total. The van der Waals surface area contributed by atoms with Crippen molar-refractivity contribution in [2.24, 2.45) is 17.8 Å². The maximum Gasteiger partial charge on any atom is 0.0713 e. The molecule has 3 rings (SSSR count). The largest absolute Gasteiger partial charge is 0.380 e. The molecule has 0 unspecified atom stereocenters. The highest BCUT2D eigenvalue weighted by atomic mass is 35.5. The Morgan fingerprint density at radius 1 is 0.885 bits per heavy atom. The quantitative estimate of drug-likeness (QED) is 0.481. The number of methoxy groups -OCH3 is 1. The number of allylic oxidation sites excluding steroid dienone is 1. The van der Waals surface area contributed by atoms with Gasteiger partial charge >= 0.3 is 0 Å². The van der Waals surface area contributed by atoms with Crippen LogP contribution in [0.1, 0.15) is 81.3 Å². The zero-order chi connectivity index (χ0) is 18.2. The summed E-state index contributed by atoms with van der Waals surface area (Å²) < 4.78 is 5.21. The molecule has 0 aromatic heterocycles. The number of hydrogen-bond acceptors (Lipinski definition) is 1. The summed E-state index contributed by atoms with van der Waals surface area (Å²) in [7, 11) is 1.76. The minimum atomic E-state index is 0.719. The first-order chi connectivity index (χ1) is 12.8. The van der Waals surface area contributed by atoms with Crippen LogP contribution in [0.4, 0.5) is 0 Å². The predicted molar refractivity (Wildman–Crippen MR) is 112 cm³/mol. The Morgan fingerprint density at radius 3 is 2.00 bits per heavy atom. The Kier molecular flexibility index (Phi) is 8.08. The molecule has 0 atom stereocenters. The monoisotopic (exact) mass is 374 g/mol. The molecule has 0 saturated heterocycles. The van der Waals surface area contributed by atoms with Crippen molar-refractivity contribution in [2.45, 2.75) is 76.7 Å². The number of halogens is 1. The lowest BCUT2D eigenvalue weighted by molar-refractivity contribution is 0.185. The Labute approximate surface area is 165 Å². The summed E-state index contributed by atoms with van der Waals surface area (Å²) in [6.07, 6.45) is 16.2. The van der Waals surface area contributed by atoms with Gasteiger partial charge in [0.05, 0.1) is 6.61 Å². The van der Waals surface area contributed by atoms with Gasteiger partial charge in [-0.3, -0.25) is 0 Å². The third-order valence-corrected chi connectivity index (χ3v) is 6.97. The average molecular weight is 375 g/mol. The van der Waals surface area contributed by atoms with Gasteiger partial charge in [-0.1, -0.05) is 54.8 Å². The minimum absolute atomic E-state index is 0.719. The molecule has 2 heteroatoms. The summed E-state index contributed by atoms with van der Waals surface area (Å²) in [6, 6.07) is 9.13. The molecule has 26 heavy (non-hydrogen) atoms. The maximum absolute atomic E-state index is 5.73. The Balaban J connectivity index is 1.36. The van der Waals surface area contributed by atoms with Crippen LogP contribution in [0.25, 0.3) is 0 Å². The summed E-state index contributed by atoms with van der Waals surface area (Å²) in [5.74, 6) is 3.47. The van der Waals surface area contributed by atoms with Crippen molar-refractivity contribution in [3.8, 4) is 0 Å². The number of rotatable bonds is 7. The molecule has 2 aliphatic carbocycles. The third-order valence-electron chi connectivity index (χ3n) is 6.83. The van der Waals surface area contributed by atoms with Crippen molar-refractivity contribution in [1.29, 1.82) is 0 Å². The molecule has 144 valence electrons. The summed E-state index contributed by atoms with van der Waals surface area (Å²) in [6.45, 7) is 0.719. The van der Waals surface area contributed by atoms with E-state index in [4.69, 9.17) is 16.3 Å². The fourth-order valence-corrected chi connectivity index (χ4v) is 5.29. The van der Waals surface area contributed by atoms with Crippen LogP contribution in [-0.2, 0) is 11.3 Å². The molecule has 0 aliphatic heterocycles. The van der Waals surface area contributed by atoms with Crippen LogP contribution in [-0.4, -0.2) is 7.11 Å². The van der Waals surface area contributed by atoms with Crippen molar-refractivity contribution >= 4 is 11.6 Å². The topological polar surface area (TPSA) is 9.23 Å². The summed E-state index contributed by atoms with van der Waals surface area (Å²) in [5, 5.41) is 0. The van der Waals surface area contributed by atoms with Crippen molar-refractivity contribution < 1.29 is 4.74 Å². The first-order valence-corrected chi connectivity index (χ1v) is 11.1. The highest BCUT2D eigenvalue weighted by Crippen LogP contribution is 2.40. The highest BCUT2D eigenvalue weighted by Gasteiger charge is 2.24. The van der Waals surface area contributed by atoms with Gasteiger partial charge in [-0.05, 0) is 86.2 Å². The van der Waals surface area contributed by atoms with Crippen molar-refractivity contribution in [2.75, 3.05) is 7.11 Å². The lowest BCUT2D eigenvalue weighted by Crippen LogP contribution is -2.17. The normalized spacial score (nSPS) is 29.9. The zero-order valence-corrected chi connectivity index (χ0v) is 17.1. The average Bonchev–Trinajstić information content (AvgIpc) is 2.69. The van der Waals surface area contributed by atoms with Gasteiger partial charge in [0.15, 0.2) is 0 Å². The smallest absolute Gasteiger partial charge is 0.0713 e. The summed E-state index contributed by atoms with van der Waals surface area (Å²) in [5.41, 5.74) is 4.53. The van der Waals surface area contributed by atoms with E-state index < -0.39 is 0 Å². The summed E-state index contributed by atoms with van der Waals surface area (Å²) >= 11 is 5.73. The zero-order valence-electron chi connectivity index (χ0n) is 16.3. The van der Waals surface area contributed by atoms with E-state index >= 15 is 0 Å². The van der Waals surface area contributed by atoms with Crippen LogP contribution in [0, 0.1) is 17.8 Å². The second-order valence-corrected chi connectivity index (χ2v) is 8.82. The fraction of sp³-hybridized carbons (Fsp3) is 0.667. The van der Waals surface area contributed by atoms with Gasteiger partial charge in [0.2, 0.25) is 0 Å². The number of hydrogen-bond donors (Lipinski definition) is 0. The Bertz CT molecular complexity index is 534. The molecule has 0 spiro atoms. The van der Waals surface area contributed by atoms with E-state index in [2.05, 4.69) is 30.3 Å². The van der Waals surface area contributed by atoms with E-state index in [9.17, 15) is 0 Å². The highest BCUT2D eigenvalue weighted by molar-refractivity contribution is 6.25. The van der Waals surface area contributed by atoms with Crippen molar-refractivity contribution in [1.82, 2.24) is 0 Å². The van der Waals surface area contributed by atoms with Gasteiger partial charge in [-0.15, -0.1) is 0 Å². The first-order valence-electron chi connectivity index (χ1n) is 10.6. The number of benzene rings is 1. The molecule has 0 bridgehead atoms. The van der Waals surface area contributed by atoms with E-state index in [1.807, 2.05) is 0 Å². The van der Waals surface area contributed by atoms with E-state index in [0.717, 1.165) is 30.3 Å². The van der Waals surface area contributed by atoms with Crippen LogP contribution in [0.5, 0.6) is 0 Å². The molecule has 1 aromatic carbocycles. The van der Waals surface area contributed by atoms with Gasteiger partial charge in [-0.2, -0.15) is 0 Å². The summed E-state index contributed by atoms with van der Waals surface area (Å²) in [4.78, 5) is 0. The van der Waals surface area contributed by atoms with Crippen LogP contribution < -0.4 is 0 Å². The minimum Gasteiger partial charge on any atom is -0.380 e. The van der Waals surface area contributed by atoms with Gasteiger partial charge in [0.25, 0.3) is 0 Å². The van der Waals surface area contributed by atoms with E-state index in [1.54, 1.807) is 12.6 Å². The van der Waals surface area contributed by atoms with Gasteiger partial charge < -0.3 is 4.74 Å². The Morgan fingerprint density at radius 2 is 1.46 bits per heavy atom. The fourth-order valence-electron chi connectivity index (χ4n) is 5.08. The molecule has 1 aromatic rings. The molecule has 2 aliphatic rings. The van der Waals surface area contributed by atoms with Crippen LogP contribution in [0.15, 0.2) is 35.9 Å². The molecule has 0 radical (unpaired) electrons. The molecular weight excluding hydrogens is 340 g/mol. The van der Waals surface area contributed by atoms with Crippen molar-refractivity contribution in [3.63, 3.8) is 0 Å². The lowest BCUT2D eigenvalue weighted by atomic mass is 9.74. The first kappa shape index (κ1) is 20.0. The van der Waals surface area contributed by atoms with E-state index in [-0.39, 0.29) is 0 Å². The molecule has 2 fully saturated rings. The van der Waals surface area contributed by atoms with E-state index in [1.165, 1.54) is 75.3 Å². The standard InChI is InChI=1S/C24H35ClO/c1-26-18-22-10-14-24(15-11-22)23-12-8-20(9-13-23)3-2-19-4-6-21(7-5-19)16-17-25/h10-11,14-17,19-21,23H,2-9,12-13,18H2,1H3. The predicted octanol–water partition coefficient (Wildman–Crippen LogP) is 7.45. The molecular formula is C24H35ClO. The lowest BCUT2D eigenvalue weighted by Gasteiger charge is -2.31. The van der Waals surface area contributed by atoms with Gasteiger partial charge in [-0.25, -0.2) is 0 Å². The van der Waals surface area contributed by atoms with Crippen LogP contribution in [0.2, 0.25) is 0 Å².